The number of aromatic nitrogens is 1. The molecule has 0 radical (unpaired) electrons. The van der Waals surface area contributed by atoms with Crippen molar-refractivity contribution in [3.8, 4) is 0 Å². The fraction of sp³-hybridized carbons (Fsp3) is 0.600. The van der Waals surface area contributed by atoms with Crippen LogP contribution in [0.15, 0.2) is 0 Å². The maximum absolute atomic E-state index is 10.9. The number of carbonyl (C=O) groups is 1. The van der Waals surface area contributed by atoms with E-state index >= 15 is 0 Å². The van der Waals surface area contributed by atoms with E-state index in [0.29, 0.717) is 29.8 Å². The van der Waals surface area contributed by atoms with E-state index < -0.39 is 5.97 Å². The summed E-state index contributed by atoms with van der Waals surface area (Å²) in [5, 5.41) is 18.4. The number of aromatic carboxylic acids is 1. The number of aryl methyl sites for hydroxylation is 2. The highest BCUT2D eigenvalue weighted by Crippen LogP contribution is 2.21. The lowest BCUT2D eigenvalue weighted by Crippen LogP contribution is -1.98. The molecule has 0 saturated carbocycles. The van der Waals surface area contributed by atoms with Crippen LogP contribution in [0.3, 0.4) is 0 Å². The number of nitrogens with zero attached hydrogens (tertiary/aromatic N) is 1. The van der Waals surface area contributed by atoms with Gasteiger partial charge in [0.25, 0.3) is 0 Å². The molecule has 15 heavy (non-hydrogen) atoms. The zero-order chi connectivity index (χ0) is 11.3. The number of rotatable bonds is 6. The predicted octanol–water partition coefficient (Wildman–Crippen LogP) is 1.72. The van der Waals surface area contributed by atoms with Crippen molar-refractivity contribution in [1.82, 2.24) is 4.98 Å². The Balaban J connectivity index is 2.83. The van der Waals surface area contributed by atoms with Gasteiger partial charge >= 0.3 is 5.97 Å². The fourth-order valence-electron chi connectivity index (χ4n) is 1.31. The molecule has 0 aliphatic rings. The first kappa shape index (κ1) is 12.1. The largest absolute Gasteiger partial charge is 0.477 e. The Hall–Kier alpha value is -0.940. The SMILES string of the molecule is CCCc1nc(CCCO)sc1C(=O)O. The van der Waals surface area contributed by atoms with Crippen molar-refractivity contribution in [2.24, 2.45) is 0 Å². The summed E-state index contributed by atoms with van der Waals surface area (Å²) in [6.07, 6.45) is 2.89. The van der Waals surface area contributed by atoms with Crippen LogP contribution in [0.4, 0.5) is 0 Å². The third-order valence-electron chi connectivity index (χ3n) is 1.97. The van der Waals surface area contributed by atoms with E-state index in [1.54, 1.807) is 0 Å². The molecule has 1 heterocycles. The van der Waals surface area contributed by atoms with Gasteiger partial charge in [0.05, 0.1) is 10.7 Å². The van der Waals surface area contributed by atoms with E-state index in [4.69, 9.17) is 10.2 Å². The normalized spacial score (nSPS) is 10.5. The van der Waals surface area contributed by atoms with Crippen LogP contribution in [0.25, 0.3) is 0 Å². The fourth-order valence-corrected chi connectivity index (χ4v) is 2.30. The van der Waals surface area contributed by atoms with Crippen LogP contribution >= 0.6 is 11.3 Å². The maximum Gasteiger partial charge on any atom is 0.347 e. The van der Waals surface area contributed by atoms with E-state index in [-0.39, 0.29) is 6.61 Å². The molecule has 0 aromatic carbocycles. The second-order valence-electron chi connectivity index (χ2n) is 3.27. The first-order valence-electron chi connectivity index (χ1n) is 5.01. The van der Waals surface area contributed by atoms with Crippen molar-refractivity contribution in [2.45, 2.75) is 32.6 Å². The molecule has 0 aliphatic heterocycles. The van der Waals surface area contributed by atoms with E-state index in [2.05, 4.69) is 4.98 Å². The van der Waals surface area contributed by atoms with Crippen LogP contribution in [0.1, 0.15) is 40.1 Å². The third-order valence-corrected chi connectivity index (χ3v) is 3.12. The number of aliphatic hydroxyl groups excluding tert-OH is 1. The summed E-state index contributed by atoms with van der Waals surface area (Å²) in [5.41, 5.74) is 0.683. The highest BCUT2D eigenvalue weighted by Gasteiger charge is 2.15. The number of thiazole rings is 1. The molecule has 1 aromatic heterocycles. The van der Waals surface area contributed by atoms with E-state index in [1.807, 2.05) is 6.92 Å². The molecule has 1 aromatic rings. The van der Waals surface area contributed by atoms with Gasteiger partial charge in [0.15, 0.2) is 0 Å². The van der Waals surface area contributed by atoms with Gasteiger partial charge in [-0.1, -0.05) is 13.3 Å². The molecule has 2 N–H and O–H groups in total. The average Bonchev–Trinajstić information content (AvgIpc) is 2.59. The standard InChI is InChI=1S/C10H15NO3S/c1-2-4-7-9(10(13)14)15-8(11-7)5-3-6-12/h12H,2-6H2,1H3,(H,13,14). The van der Waals surface area contributed by atoms with Crippen molar-refractivity contribution in [1.29, 1.82) is 0 Å². The summed E-state index contributed by atoms with van der Waals surface area (Å²) in [4.78, 5) is 15.5. The Morgan fingerprint density at radius 1 is 1.47 bits per heavy atom. The molecular weight excluding hydrogens is 214 g/mol. The summed E-state index contributed by atoms with van der Waals surface area (Å²) in [5.74, 6) is -0.897. The molecule has 0 fully saturated rings. The first-order valence-corrected chi connectivity index (χ1v) is 5.83. The number of carboxylic acids is 1. The molecule has 5 heteroatoms. The number of hydrogen-bond donors (Lipinski definition) is 2. The van der Waals surface area contributed by atoms with Gasteiger partial charge in [0, 0.05) is 13.0 Å². The second-order valence-corrected chi connectivity index (χ2v) is 4.35. The minimum Gasteiger partial charge on any atom is -0.477 e. The summed E-state index contributed by atoms with van der Waals surface area (Å²) >= 11 is 1.23. The van der Waals surface area contributed by atoms with Crippen LogP contribution in [-0.2, 0) is 12.8 Å². The lowest BCUT2D eigenvalue weighted by Gasteiger charge is -1.93. The van der Waals surface area contributed by atoms with Gasteiger partial charge in [-0.15, -0.1) is 11.3 Å². The zero-order valence-corrected chi connectivity index (χ0v) is 9.51. The molecule has 4 nitrogen and oxygen atoms in total. The van der Waals surface area contributed by atoms with Crippen molar-refractivity contribution in [2.75, 3.05) is 6.61 Å². The van der Waals surface area contributed by atoms with Gasteiger partial charge in [0.2, 0.25) is 0 Å². The van der Waals surface area contributed by atoms with Crippen molar-refractivity contribution in [3.05, 3.63) is 15.6 Å². The monoisotopic (exact) mass is 229 g/mol. The Morgan fingerprint density at radius 3 is 2.73 bits per heavy atom. The van der Waals surface area contributed by atoms with Crippen LogP contribution in [-0.4, -0.2) is 27.8 Å². The van der Waals surface area contributed by atoms with E-state index in [9.17, 15) is 4.79 Å². The molecule has 0 bridgehead atoms. The molecule has 0 saturated heterocycles. The topological polar surface area (TPSA) is 70.4 Å². The molecule has 0 unspecified atom stereocenters. The molecular formula is C10H15NO3S. The third kappa shape index (κ3) is 3.28. The van der Waals surface area contributed by atoms with Gasteiger partial charge in [-0.2, -0.15) is 0 Å². The minimum atomic E-state index is -0.897. The number of hydrogen-bond acceptors (Lipinski definition) is 4. The van der Waals surface area contributed by atoms with Crippen LogP contribution in [0.5, 0.6) is 0 Å². The Labute approximate surface area is 92.6 Å². The molecule has 1 rings (SSSR count). The molecule has 0 spiro atoms. The van der Waals surface area contributed by atoms with Gasteiger partial charge in [-0.05, 0) is 12.8 Å². The number of aliphatic hydroxyl groups is 1. The number of carboxylic acid groups (broad SMARTS) is 1. The summed E-state index contributed by atoms with van der Waals surface area (Å²) < 4.78 is 0. The quantitative estimate of drug-likeness (QED) is 0.779. The Kier molecular flexibility index (Phi) is 4.71. The molecule has 0 amide bonds. The highest BCUT2D eigenvalue weighted by atomic mass is 32.1. The lowest BCUT2D eigenvalue weighted by molar-refractivity contribution is 0.0700. The smallest absolute Gasteiger partial charge is 0.347 e. The highest BCUT2D eigenvalue weighted by molar-refractivity contribution is 7.13. The summed E-state index contributed by atoms with van der Waals surface area (Å²) in [6, 6.07) is 0. The summed E-state index contributed by atoms with van der Waals surface area (Å²) in [6.45, 7) is 2.11. The summed E-state index contributed by atoms with van der Waals surface area (Å²) in [7, 11) is 0. The average molecular weight is 229 g/mol. The van der Waals surface area contributed by atoms with Crippen LogP contribution < -0.4 is 0 Å². The minimum absolute atomic E-state index is 0.116. The Morgan fingerprint density at radius 2 is 2.20 bits per heavy atom. The lowest BCUT2D eigenvalue weighted by atomic mass is 10.2. The van der Waals surface area contributed by atoms with Crippen LogP contribution in [0, 0.1) is 0 Å². The van der Waals surface area contributed by atoms with Crippen molar-refractivity contribution < 1.29 is 15.0 Å². The van der Waals surface area contributed by atoms with Crippen molar-refractivity contribution in [3.63, 3.8) is 0 Å². The van der Waals surface area contributed by atoms with E-state index in [0.717, 1.165) is 11.4 Å². The molecule has 0 aliphatic carbocycles. The second kappa shape index (κ2) is 5.82. The predicted molar refractivity (Wildman–Crippen MR) is 58.5 cm³/mol. The van der Waals surface area contributed by atoms with Gasteiger partial charge in [-0.25, -0.2) is 9.78 Å². The molecule has 84 valence electrons. The van der Waals surface area contributed by atoms with Gasteiger partial charge in [-0.3, -0.25) is 0 Å². The van der Waals surface area contributed by atoms with Gasteiger partial charge in [0.1, 0.15) is 4.88 Å². The van der Waals surface area contributed by atoms with Gasteiger partial charge < -0.3 is 10.2 Å². The zero-order valence-electron chi connectivity index (χ0n) is 8.69. The Bertz CT molecular complexity index is 335. The van der Waals surface area contributed by atoms with Crippen LogP contribution in [0.2, 0.25) is 0 Å². The first-order chi connectivity index (χ1) is 7.19. The molecule has 0 atom stereocenters. The van der Waals surface area contributed by atoms with E-state index in [1.165, 1.54) is 11.3 Å². The maximum atomic E-state index is 10.9. The van der Waals surface area contributed by atoms with Crippen molar-refractivity contribution >= 4 is 17.3 Å².